The molecular formula is C22H21ClN2O4S. The second-order valence-corrected chi connectivity index (χ2v) is 8.73. The van der Waals surface area contributed by atoms with Crippen molar-refractivity contribution in [3.63, 3.8) is 0 Å². The summed E-state index contributed by atoms with van der Waals surface area (Å²) in [4.78, 5) is 12.9. The number of sulfonamides is 1. The normalized spacial score (nSPS) is 11.0. The Kier molecular flexibility index (Phi) is 6.64. The molecule has 0 fully saturated rings. The van der Waals surface area contributed by atoms with Crippen molar-refractivity contribution in [2.75, 3.05) is 23.3 Å². The van der Waals surface area contributed by atoms with Gasteiger partial charge in [-0.25, -0.2) is 8.42 Å². The minimum Gasteiger partial charge on any atom is -0.495 e. The number of nitrogens with zero attached hydrogens (tertiary/aromatic N) is 1. The quantitative estimate of drug-likeness (QED) is 0.582. The molecule has 3 aromatic rings. The molecule has 0 spiro atoms. The van der Waals surface area contributed by atoms with Gasteiger partial charge in [-0.2, -0.15) is 0 Å². The van der Waals surface area contributed by atoms with Gasteiger partial charge in [0.15, 0.2) is 0 Å². The predicted octanol–water partition coefficient (Wildman–Crippen LogP) is 4.49. The molecule has 3 aromatic carbocycles. The molecule has 3 rings (SSSR count). The summed E-state index contributed by atoms with van der Waals surface area (Å²) in [6.45, 7) is 1.28. The Bertz CT molecular complexity index is 1150. The van der Waals surface area contributed by atoms with Crippen molar-refractivity contribution in [2.45, 2.75) is 11.8 Å². The third-order valence-corrected chi connectivity index (χ3v) is 6.69. The number of halogens is 1. The number of para-hydroxylation sites is 2. The number of hydrogen-bond acceptors (Lipinski definition) is 4. The molecule has 8 heteroatoms. The molecule has 0 saturated carbocycles. The molecule has 1 amide bonds. The molecule has 0 aliphatic heterocycles. The van der Waals surface area contributed by atoms with Gasteiger partial charge >= 0.3 is 0 Å². The van der Waals surface area contributed by atoms with Gasteiger partial charge in [-0.15, -0.1) is 0 Å². The van der Waals surface area contributed by atoms with Gasteiger partial charge in [0.1, 0.15) is 12.3 Å². The number of anilines is 2. The highest BCUT2D eigenvalue weighted by molar-refractivity contribution is 7.92. The van der Waals surface area contributed by atoms with E-state index in [1.807, 2.05) is 0 Å². The Labute approximate surface area is 181 Å². The molecule has 0 aromatic heterocycles. The summed E-state index contributed by atoms with van der Waals surface area (Å²) >= 11 is 6.22. The van der Waals surface area contributed by atoms with Crippen LogP contribution in [0.4, 0.5) is 11.4 Å². The lowest BCUT2D eigenvalue weighted by Gasteiger charge is -2.26. The van der Waals surface area contributed by atoms with Crippen molar-refractivity contribution in [3.05, 3.63) is 83.4 Å². The molecular weight excluding hydrogens is 424 g/mol. The van der Waals surface area contributed by atoms with Crippen LogP contribution in [0.1, 0.15) is 5.56 Å². The van der Waals surface area contributed by atoms with E-state index >= 15 is 0 Å². The third kappa shape index (κ3) is 4.58. The fourth-order valence-corrected chi connectivity index (χ4v) is 4.62. The number of rotatable bonds is 7. The number of carbonyl (C=O) groups is 1. The van der Waals surface area contributed by atoms with E-state index < -0.39 is 22.5 Å². The molecule has 6 nitrogen and oxygen atoms in total. The van der Waals surface area contributed by atoms with Crippen LogP contribution in [0.5, 0.6) is 5.75 Å². The first kappa shape index (κ1) is 21.7. The smallest absolute Gasteiger partial charge is 0.264 e. The molecule has 0 aliphatic rings. The highest BCUT2D eigenvalue weighted by Gasteiger charge is 2.28. The van der Waals surface area contributed by atoms with Gasteiger partial charge in [0.2, 0.25) is 5.91 Å². The number of ether oxygens (including phenoxy) is 1. The van der Waals surface area contributed by atoms with E-state index in [0.717, 1.165) is 4.31 Å². The first-order chi connectivity index (χ1) is 14.3. The number of nitrogens with one attached hydrogen (secondary N) is 1. The maximum Gasteiger partial charge on any atom is 0.264 e. The number of methoxy groups -OCH3 is 1. The van der Waals surface area contributed by atoms with Crippen LogP contribution in [-0.4, -0.2) is 28.0 Å². The van der Waals surface area contributed by atoms with Gasteiger partial charge in [-0.3, -0.25) is 9.10 Å². The minimum absolute atomic E-state index is 0.0782. The van der Waals surface area contributed by atoms with Crippen LogP contribution in [0.2, 0.25) is 5.02 Å². The molecule has 0 bridgehead atoms. The number of benzene rings is 3. The lowest BCUT2D eigenvalue weighted by Crippen LogP contribution is -2.38. The Morgan fingerprint density at radius 3 is 2.37 bits per heavy atom. The fraction of sp³-hybridized carbons (Fsp3) is 0.136. The van der Waals surface area contributed by atoms with E-state index in [1.54, 1.807) is 67.6 Å². The summed E-state index contributed by atoms with van der Waals surface area (Å²) in [5.41, 5.74) is 1.34. The van der Waals surface area contributed by atoms with Crippen LogP contribution in [-0.2, 0) is 14.8 Å². The van der Waals surface area contributed by atoms with Crippen molar-refractivity contribution < 1.29 is 17.9 Å². The first-order valence-corrected chi connectivity index (χ1v) is 10.9. The average molecular weight is 445 g/mol. The number of amides is 1. The molecule has 0 heterocycles. The maximum absolute atomic E-state index is 13.4. The highest BCUT2D eigenvalue weighted by atomic mass is 35.5. The third-order valence-electron chi connectivity index (χ3n) is 4.51. The van der Waals surface area contributed by atoms with Gasteiger partial charge in [-0.1, -0.05) is 48.0 Å². The Hall–Kier alpha value is -3.03. The second-order valence-electron chi connectivity index (χ2n) is 6.46. The molecule has 0 unspecified atom stereocenters. The number of hydrogen-bond donors (Lipinski definition) is 1. The molecule has 0 atom stereocenters. The highest BCUT2D eigenvalue weighted by Crippen LogP contribution is 2.31. The van der Waals surface area contributed by atoms with Crippen LogP contribution in [0.15, 0.2) is 77.7 Å². The van der Waals surface area contributed by atoms with Gasteiger partial charge in [0.25, 0.3) is 10.0 Å². The molecule has 0 saturated heterocycles. The predicted molar refractivity (Wildman–Crippen MR) is 119 cm³/mol. The van der Waals surface area contributed by atoms with E-state index in [2.05, 4.69) is 5.32 Å². The maximum atomic E-state index is 13.4. The zero-order chi connectivity index (χ0) is 21.7. The lowest BCUT2D eigenvalue weighted by molar-refractivity contribution is -0.114. The van der Waals surface area contributed by atoms with Crippen LogP contribution in [0.3, 0.4) is 0 Å². The zero-order valence-electron chi connectivity index (χ0n) is 16.5. The fourth-order valence-electron chi connectivity index (χ4n) is 2.95. The van der Waals surface area contributed by atoms with Gasteiger partial charge in [0, 0.05) is 5.02 Å². The Morgan fingerprint density at radius 1 is 1.00 bits per heavy atom. The van der Waals surface area contributed by atoms with E-state index in [9.17, 15) is 13.2 Å². The van der Waals surface area contributed by atoms with Crippen LogP contribution >= 0.6 is 11.6 Å². The van der Waals surface area contributed by atoms with Crippen LogP contribution in [0.25, 0.3) is 0 Å². The standard InChI is InChI=1S/C22H21ClN2O4S/c1-16-18(23)11-8-13-20(16)25(30(27,28)17-9-4-3-5-10-17)15-22(26)24-19-12-6-7-14-21(19)29-2/h3-14H,15H2,1-2H3,(H,24,26). The largest absolute Gasteiger partial charge is 0.495 e. The monoisotopic (exact) mass is 444 g/mol. The van der Waals surface area contributed by atoms with E-state index in [4.69, 9.17) is 16.3 Å². The van der Waals surface area contributed by atoms with E-state index in [1.165, 1.54) is 19.2 Å². The summed E-state index contributed by atoms with van der Waals surface area (Å²) < 4.78 is 33.1. The second kappa shape index (κ2) is 9.19. The molecule has 30 heavy (non-hydrogen) atoms. The topological polar surface area (TPSA) is 75.7 Å². The molecule has 0 radical (unpaired) electrons. The lowest BCUT2D eigenvalue weighted by atomic mass is 10.2. The Morgan fingerprint density at radius 2 is 1.67 bits per heavy atom. The van der Waals surface area contributed by atoms with Crippen molar-refractivity contribution in [1.82, 2.24) is 0 Å². The number of carbonyl (C=O) groups excluding carboxylic acids is 1. The van der Waals surface area contributed by atoms with Crippen molar-refractivity contribution in [3.8, 4) is 5.75 Å². The molecule has 1 N–H and O–H groups in total. The van der Waals surface area contributed by atoms with Gasteiger partial charge < -0.3 is 10.1 Å². The van der Waals surface area contributed by atoms with E-state index in [0.29, 0.717) is 27.7 Å². The van der Waals surface area contributed by atoms with Gasteiger partial charge in [-0.05, 0) is 48.9 Å². The first-order valence-electron chi connectivity index (χ1n) is 9.10. The van der Waals surface area contributed by atoms with Crippen LogP contribution < -0.4 is 14.4 Å². The Balaban J connectivity index is 2.00. The SMILES string of the molecule is COc1ccccc1NC(=O)CN(c1cccc(Cl)c1C)S(=O)(=O)c1ccccc1. The van der Waals surface area contributed by atoms with Crippen LogP contribution in [0, 0.1) is 6.92 Å². The molecule has 0 aliphatic carbocycles. The minimum atomic E-state index is -4.01. The summed E-state index contributed by atoms with van der Waals surface area (Å²) in [5.74, 6) is -0.0411. The summed E-state index contributed by atoms with van der Waals surface area (Å²) in [5, 5.41) is 3.12. The zero-order valence-corrected chi connectivity index (χ0v) is 18.1. The summed E-state index contributed by atoms with van der Waals surface area (Å²) in [6.07, 6.45) is 0. The van der Waals surface area contributed by atoms with E-state index in [-0.39, 0.29) is 4.90 Å². The van der Waals surface area contributed by atoms with Crippen molar-refractivity contribution in [2.24, 2.45) is 0 Å². The average Bonchev–Trinajstić information content (AvgIpc) is 2.75. The summed E-state index contributed by atoms with van der Waals surface area (Å²) in [6, 6.07) is 19.8. The molecule has 156 valence electrons. The van der Waals surface area contributed by atoms with Gasteiger partial charge in [0.05, 0.1) is 23.4 Å². The van der Waals surface area contributed by atoms with Crippen molar-refractivity contribution >= 4 is 38.9 Å². The van der Waals surface area contributed by atoms with Crippen molar-refractivity contribution in [1.29, 1.82) is 0 Å². The summed E-state index contributed by atoms with van der Waals surface area (Å²) in [7, 11) is -2.52.